The summed E-state index contributed by atoms with van der Waals surface area (Å²) in [4.78, 5) is 34.3. The summed E-state index contributed by atoms with van der Waals surface area (Å²) in [5.41, 5.74) is -1.03. The van der Waals surface area contributed by atoms with Gasteiger partial charge in [-0.1, -0.05) is 25.4 Å². The van der Waals surface area contributed by atoms with E-state index in [1.807, 2.05) is 13.8 Å². The number of esters is 1. The third-order valence-electron chi connectivity index (χ3n) is 4.34. The van der Waals surface area contributed by atoms with Crippen LogP contribution in [0.15, 0.2) is 42.9 Å². The highest BCUT2D eigenvalue weighted by molar-refractivity contribution is 6.33. The summed E-state index contributed by atoms with van der Waals surface area (Å²) >= 11 is 5.88. The average molecular weight is 511 g/mol. The Hall–Kier alpha value is -4.00. The molecule has 0 unspecified atom stereocenters. The van der Waals surface area contributed by atoms with Gasteiger partial charge in [-0.2, -0.15) is 13.2 Å². The molecule has 0 saturated heterocycles. The molecule has 2 aromatic heterocycles. The molecule has 0 fully saturated rings. The molecule has 3 aromatic rings. The molecule has 0 saturated carbocycles. The van der Waals surface area contributed by atoms with E-state index in [1.165, 1.54) is 24.3 Å². The number of ether oxygens (including phenoxy) is 1. The van der Waals surface area contributed by atoms with Gasteiger partial charge >= 0.3 is 17.8 Å². The van der Waals surface area contributed by atoms with Crippen LogP contribution >= 0.6 is 11.6 Å². The van der Waals surface area contributed by atoms with Crippen LogP contribution in [-0.2, 0) is 10.9 Å². The van der Waals surface area contributed by atoms with Crippen LogP contribution in [0.25, 0.3) is 0 Å². The Morgan fingerprint density at radius 3 is 2.29 bits per heavy atom. The molecule has 0 aliphatic rings. The fourth-order valence-corrected chi connectivity index (χ4v) is 2.90. The molecule has 0 atom stereocenters. The molecule has 184 valence electrons. The van der Waals surface area contributed by atoms with Crippen molar-refractivity contribution in [1.82, 2.24) is 15.0 Å². The number of pyridine rings is 1. The van der Waals surface area contributed by atoms with Gasteiger partial charge in [0, 0.05) is 11.9 Å². The third kappa shape index (κ3) is 6.53. The van der Waals surface area contributed by atoms with Crippen LogP contribution in [0, 0.1) is 16.0 Å². The van der Waals surface area contributed by atoms with Gasteiger partial charge in [-0.15, -0.1) is 0 Å². The second-order valence-electron chi connectivity index (χ2n) is 7.55. The zero-order chi connectivity index (χ0) is 25.8. The van der Waals surface area contributed by atoms with Gasteiger partial charge in [0.25, 0.3) is 0 Å². The Labute approximate surface area is 201 Å². The van der Waals surface area contributed by atoms with Crippen molar-refractivity contribution in [2.45, 2.75) is 20.0 Å². The predicted octanol–water partition coefficient (Wildman–Crippen LogP) is 5.75. The van der Waals surface area contributed by atoms with E-state index in [1.54, 1.807) is 0 Å². The number of nitrogens with zero attached hydrogens (tertiary/aromatic N) is 4. The molecule has 0 bridgehead atoms. The first kappa shape index (κ1) is 25.6. The Balaban J connectivity index is 1.84. The molecule has 0 aliphatic heterocycles. The number of aromatic nitrogens is 3. The monoisotopic (exact) mass is 510 g/mol. The maximum atomic E-state index is 12.8. The summed E-state index contributed by atoms with van der Waals surface area (Å²) < 4.78 is 43.6. The van der Waals surface area contributed by atoms with Gasteiger partial charge in [0.15, 0.2) is 5.82 Å². The number of halogens is 4. The lowest BCUT2D eigenvalue weighted by atomic mass is 10.2. The molecular weight excluding hydrogens is 493 g/mol. The quantitative estimate of drug-likeness (QED) is 0.221. The summed E-state index contributed by atoms with van der Waals surface area (Å²) in [7, 11) is 0. The molecule has 1 aromatic carbocycles. The topological polar surface area (TPSA) is 132 Å². The molecule has 2 N–H and O–H groups in total. The van der Waals surface area contributed by atoms with Crippen molar-refractivity contribution in [3.05, 3.63) is 69.1 Å². The van der Waals surface area contributed by atoms with Crippen LogP contribution in [0.5, 0.6) is 0 Å². The first-order valence-electron chi connectivity index (χ1n) is 9.99. The molecule has 3 rings (SSSR count). The molecule has 35 heavy (non-hydrogen) atoms. The maximum Gasteiger partial charge on any atom is 0.417 e. The van der Waals surface area contributed by atoms with Gasteiger partial charge in [0.2, 0.25) is 11.6 Å². The molecule has 0 radical (unpaired) electrons. The second kappa shape index (κ2) is 10.5. The van der Waals surface area contributed by atoms with Gasteiger partial charge in [-0.05, 0) is 36.2 Å². The summed E-state index contributed by atoms with van der Waals surface area (Å²) in [5.74, 6) is -1.17. The van der Waals surface area contributed by atoms with Crippen molar-refractivity contribution in [2.75, 3.05) is 17.2 Å². The minimum atomic E-state index is -4.66. The third-order valence-corrected chi connectivity index (χ3v) is 4.63. The van der Waals surface area contributed by atoms with Crippen LogP contribution < -0.4 is 10.6 Å². The van der Waals surface area contributed by atoms with Crippen LogP contribution in [0.1, 0.15) is 29.8 Å². The van der Waals surface area contributed by atoms with Crippen molar-refractivity contribution in [1.29, 1.82) is 0 Å². The lowest BCUT2D eigenvalue weighted by Gasteiger charge is -2.12. The van der Waals surface area contributed by atoms with E-state index >= 15 is 0 Å². The largest absolute Gasteiger partial charge is 0.462 e. The van der Waals surface area contributed by atoms with Crippen LogP contribution in [-0.4, -0.2) is 32.5 Å². The Morgan fingerprint density at radius 2 is 1.74 bits per heavy atom. The lowest BCUT2D eigenvalue weighted by Crippen LogP contribution is -2.10. The summed E-state index contributed by atoms with van der Waals surface area (Å²) in [5, 5.41) is 16.6. The van der Waals surface area contributed by atoms with E-state index in [0.717, 1.165) is 6.33 Å². The van der Waals surface area contributed by atoms with Gasteiger partial charge in [-0.3, -0.25) is 10.1 Å². The van der Waals surface area contributed by atoms with E-state index < -0.39 is 33.3 Å². The number of hydrogen-bond acceptors (Lipinski definition) is 9. The number of alkyl halides is 3. The number of hydrogen-bond donors (Lipinski definition) is 2. The van der Waals surface area contributed by atoms with Crippen molar-refractivity contribution < 1.29 is 27.6 Å². The molecule has 0 amide bonds. The van der Waals surface area contributed by atoms with Gasteiger partial charge < -0.3 is 15.4 Å². The first-order chi connectivity index (χ1) is 16.5. The number of nitrogens with one attached hydrogen (secondary N) is 2. The summed E-state index contributed by atoms with van der Waals surface area (Å²) in [6.07, 6.45) is -3.12. The maximum absolute atomic E-state index is 12.8. The summed E-state index contributed by atoms with van der Waals surface area (Å²) in [6, 6.07) is 6.58. The number of nitro groups is 1. The SMILES string of the molecule is CC(C)COC(=O)c1ccc(Nc2ncnc(Nc3ncc(C(F)(F)F)cc3Cl)c2[N+](=O)[O-])cc1. The number of benzene rings is 1. The minimum Gasteiger partial charge on any atom is -0.462 e. The van der Waals surface area contributed by atoms with Crippen molar-refractivity contribution >= 4 is 46.4 Å². The van der Waals surface area contributed by atoms with Gasteiger partial charge in [0.1, 0.15) is 6.33 Å². The highest BCUT2D eigenvalue weighted by Crippen LogP contribution is 2.36. The molecule has 0 aliphatic carbocycles. The highest BCUT2D eigenvalue weighted by Gasteiger charge is 2.32. The molecule has 0 spiro atoms. The van der Waals surface area contributed by atoms with E-state index in [2.05, 4.69) is 25.6 Å². The van der Waals surface area contributed by atoms with E-state index in [4.69, 9.17) is 16.3 Å². The zero-order valence-electron chi connectivity index (χ0n) is 18.3. The van der Waals surface area contributed by atoms with E-state index in [0.29, 0.717) is 23.5 Å². The number of anilines is 4. The van der Waals surface area contributed by atoms with Crippen LogP contribution in [0.2, 0.25) is 5.02 Å². The Morgan fingerprint density at radius 1 is 1.11 bits per heavy atom. The summed E-state index contributed by atoms with van der Waals surface area (Å²) in [6.45, 7) is 4.07. The normalized spacial score (nSPS) is 11.3. The Kier molecular flexibility index (Phi) is 7.69. The zero-order valence-corrected chi connectivity index (χ0v) is 19.0. The van der Waals surface area contributed by atoms with Crippen LogP contribution in [0.4, 0.5) is 42.0 Å². The minimum absolute atomic E-state index is 0.175. The van der Waals surface area contributed by atoms with Crippen molar-refractivity contribution in [3.8, 4) is 0 Å². The smallest absolute Gasteiger partial charge is 0.417 e. The van der Waals surface area contributed by atoms with Gasteiger partial charge in [0.05, 0.1) is 27.7 Å². The van der Waals surface area contributed by atoms with Crippen molar-refractivity contribution in [2.24, 2.45) is 5.92 Å². The number of rotatable bonds is 8. The number of carbonyl (C=O) groups is 1. The lowest BCUT2D eigenvalue weighted by molar-refractivity contribution is -0.383. The van der Waals surface area contributed by atoms with Crippen LogP contribution in [0.3, 0.4) is 0 Å². The molecular formula is C21H18ClF3N6O4. The highest BCUT2D eigenvalue weighted by atomic mass is 35.5. The predicted molar refractivity (Wildman–Crippen MR) is 121 cm³/mol. The molecule has 2 heterocycles. The molecule has 14 heteroatoms. The van der Waals surface area contributed by atoms with E-state index in [9.17, 15) is 28.1 Å². The van der Waals surface area contributed by atoms with E-state index in [-0.39, 0.29) is 30.0 Å². The fourth-order valence-electron chi connectivity index (χ4n) is 2.68. The average Bonchev–Trinajstić information content (AvgIpc) is 2.78. The van der Waals surface area contributed by atoms with Crippen molar-refractivity contribution in [3.63, 3.8) is 0 Å². The van der Waals surface area contributed by atoms with Gasteiger partial charge in [-0.25, -0.2) is 19.7 Å². The first-order valence-corrected chi connectivity index (χ1v) is 10.4. The fraction of sp³-hybridized carbons (Fsp3) is 0.238. The standard InChI is InChI=1S/C21H18ClF3N6O4/c1-11(2)9-35-20(32)12-3-5-14(6-4-12)29-18-16(31(33)34)19(28-10-27-18)30-17-15(22)7-13(8-26-17)21(23,24)25/h3-8,10-11H,9H2,1-2H3,(H2,26,27,28,29,30). The second-order valence-corrected chi connectivity index (χ2v) is 7.96. The number of carbonyl (C=O) groups excluding carboxylic acids is 1. The molecule has 10 nitrogen and oxygen atoms in total. The Bertz CT molecular complexity index is 1240.